The Kier molecular flexibility index (Phi) is 3.92. The maximum atomic E-state index is 12.4. The Hall–Kier alpha value is -2.62. The zero-order valence-electron chi connectivity index (χ0n) is 12.9. The quantitative estimate of drug-likeness (QED) is 0.741. The fraction of sp³-hybridized carbons (Fsp3) is 0.222. The van der Waals surface area contributed by atoms with E-state index in [1.54, 1.807) is 11.2 Å². The van der Waals surface area contributed by atoms with Gasteiger partial charge in [0.1, 0.15) is 6.54 Å². The Bertz CT molecular complexity index is 807. The first-order chi connectivity index (χ1) is 10.6. The van der Waals surface area contributed by atoms with Crippen molar-refractivity contribution in [1.82, 2.24) is 14.5 Å². The maximum absolute atomic E-state index is 12.4. The molecule has 0 saturated carbocycles. The van der Waals surface area contributed by atoms with E-state index >= 15 is 0 Å². The van der Waals surface area contributed by atoms with Gasteiger partial charge in [-0.05, 0) is 30.2 Å². The van der Waals surface area contributed by atoms with Gasteiger partial charge in [0, 0.05) is 13.6 Å². The molecule has 2 aromatic carbocycles. The molecule has 0 aliphatic rings. The number of carbonyl (C=O) groups is 1. The summed E-state index contributed by atoms with van der Waals surface area (Å²) in [4.78, 5) is 18.5. The van der Waals surface area contributed by atoms with E-state index in [4.69, 9.17) is 0 Å². The zero-order valence-corrected chi connectivity index (χ0v) is 12.9. The Morgan fingerprint density at radius 3 is 2.68 bits per heavy atom. The molecule has 0 N–H and O–H groups in total. The molecule has 1 aromatic heterocycles. The van der Waals surface area contributed by atoms with E-state index in [2.05, 4.69) is 24.0 Å². The van der Waals surface area contributed by atoms with Gasteiger partial charge in [-0.25, -0.2) is 4.98 Å². The second-order valence-electron chi connectivity index (χ2n) is 5.54. The van der Waals surface area contributed by atoms with Gasteiger partial charge in [-0.3, -0.25) is 4.79 Å². The summed E-state index contributed by atoms with van der Waals surface area (Å²) in [5.74, 6) is 0.0754. The van der Waals surface area contributed by atoms with Gasteiger partial charge in [0.25, 0.3) is 0 Å². The minimum absolute atomic E-state index is 0.0754. The molecule has 0 bridgehead atoms. The first-order valence-electron chi connectivity index (χ1n) is 7.33. The van der Waals surface area contributed by atoms with Crippen LogP contribution in [0.5, 0.6) is 0 Å². The average Bonchev–Trinajstić information content (AvgIpc) is 2.93. The second-order valence-corrected chi connectivity index (χ2v) is 5.54. The smallest absolute Gasteiger partial charge is 0.242 e. The zero-order chi connectivity index (χ0) is 15.5. The molecule has 0 fully saturated rings. The Morgan fingerprint density at radius 2 is 1.86 bits per heavy atom. The number of nitrogens with zero attached hydrogens (tertiary/aromatic N) is 3. The Labute approximate surface area is 130 Å². The fourth-order valence-electron chi connectivity index (χ4n) is 2.53. The summed E-state index contributed by atoms with van der Waals surface area (Å²) in [5.41, 5.74) is 4.28. The molecule has 112 valence electrons. The number of aromatic nitrogens is 2. The highest BCUT2D eigenvalue weighted by Gasteiger charge is 2.12. The van der Waals surface area contributed by atoms with Crippen molar-refractivity contribution in [2.24, 2.45) is 0 Å². The van der Waals surface area contributed by atoms with Crippen LogP contribution in [0.3, 0.4) is 0 Å². The lowest BCUT2D eigenvalue weighted by Crippen LogP contribution is -2.29. The van der Waals surface area contributed by atoms with E-state index in [9.17, 15) is 4.79 Å². The van der Waals surface area contributed by atoms with Crippen LogP contribution in [0.1, 0.15) is 11.1 Å². The lowest BCUT2D eigenvalue weighted by molar-refractivity contribution is -0.131. The van der Waals surface area contributed by atoms with Gasteiger partial charge in [-0.2, -0.15) is 0 Å². The molecule has 0 aliphatic carbocycles. The molecule has 0 atom stereocenters. The number of carbonyl (C=O) groups excluding carboxylic acids is 1. The fourth-order valence-corrected chi connectivity index (χ4v) is 2.53. The predicted octanol–water partition coefficient (Wildman–Crippen LogP) is 3.00. The van der Waals surface area contributed by atoms with Crippen LogP contribution in [-0.4, -0.2) is 27.4 Å². The highest BCUT2D eigenvalue weighted by atomic mass is 16.2. The topological polar surface area (TPSA) is 38.1 Å². The first kappa shape index (κ1) is 14.3. The van der Waals surface area contributed by atoms with E-state index < -0.39 is 0 Å². The number of hydrogen-bond donors (Lipinski definition) is 0. The second kappa shape index (κ2) is 6.02. The van der Waals surface area contributed by atoms with Crippen molar-refractivity contribution in [3.8, 4) is 0 Å². The van der Waals surface area contributed by atoms with Crippen LogP contribution >= 0.6 is 0 Å². The normalized spacial score (nSPS) is 10.8. The summed E-state index contributed by atoms with van der Waals surface area (Å²) in [6, 6.07) is 16.0. The molecule has 0 radical (unpaired) electrons. The van der Waals surface area contributed by atoms with E-state index in [1.165, 1.54) is 11.1 Å². The molecular formula is C18H19N3O. The summed E-state index contributed by atoms with van der Waals surface area (Å²) < 4.78 is 1.89. The highest BCUT2D eigenvalue weighted by Crippen LogP contribution is 2.13. The molecule has 4 nitrogen and oxygen atoms in total. The number of hydrogen-bond acceptors (Lipinski definition) is 2. The number of likely N-dealkylation sites (N-methyl/N-ethyl adjacent to an activating group) is 1. The number of aryl methyl sites for hydroxylation is 1. The third-order valence-electron chi connectivity index (χ3n) is 3.93. The molecule has 4 heteroatoms. The van der Waals surface area contributed by atoms with Crippen molar-refractivity contribution < 1.29 is 4.79 Å². The van der Waals surface area contributed by atoms with E-state index in [1.807, 2.05) is 48.0 Å². The average molecular weight is 293 g/mol. The summed E-state index contributed by atoms with van der Waals surface area (Å²) in [6.45, 7) is 3.00. The van der Waals surface area contributed by atoms with Crippen molar-refractivity contribution in [3.05, 3.63) is 66.0 Å². The molecule has 0 spiro atoms. The third kappa shape index (κ3) is 2.86. The van der Waals surface area contributed by atoms with Crippen LogP contribution in [0.15, 0.2) is 54.9 Å². The van der Waals surface area contributed by atoms with Gasteiger partial charge in [0.15, 0.2) is 0 Å². The van der Waals surface area contributed by atoms with Gasteiger partial charge in [-0.15, -0.1) is 0 Å². The van der Waals surface area contributed by atoms with Gasteiger partial charge < -0.3 is 9.47 Å². The van der Waals surface area contributed by atoms with Gasteiger partial charge in [0.2, 0.25) is 5.91 Å². The molecule has 22 heavy (non-hydrogen) atoms. The van der Waals surface area contributed by atoms with Crippen LogP contribution < -0.4 is 0 Å². The van der Waals surface area contributed by atoms with Crippen molar-refractivity contribution in [3.63, 3.8) is 0 Å². The van der Waals surface area contributed by atoms with Crippen molar-refractivity contribution in [2.45, 2.75) is 20.0 Å². The highest BCUT2D eigenvalue weighted by molar-refractivity contribution is 5.80. The summed E-state index contributed by atoms with van der Waals surface area (Å²) in [7, 11) is 1.84. The van der Waals surface area contributed by atoms with Crippen LogP contribution in [0, 0.1) is 6.92 Å². The van der Waals surface area contributed by atoms with Crippen LogP contribution in [0.25, 0.3) is 11.0 Å². The Morgan fingerprint density at radius 1 is 1.14 bits per heavy atom. The SMILES string of the molecule is Cc1ccccc1CN(C)C(=O)Cn1cnc2ccccc21. The van der Waals surface area contributed by atoms with E-state index in [0.717, 1.165) is 11.0 Å². The number of benzene rings is 2. The minimum atomic E-state index is 0.0754. The third-order valence-corrected chi connectivity index (χ3v) is 3.93. The van der Waals surface area contributed by atoms with Crippen LogP contribution in [-0.2, 0) is 17.9 Å². The first-order valence-corrected chi connectivity index (χ1v) is 7.33. The molecule has 1 amide bonds. The lowest BCUT2D eigenvalue weighted by Gasteiger charge is -2.19. The van der Waals surface area contributed by atoms with Crippen molar-refractivity contribution in [2.75, 3.05) is 7.05 Å². The predicted molar refractivity (Wildman–Crippen MR) is 87.4 cm³/mol. The number of amides is 1. The molecule has 3 aromatic rings. The van der Waals surface area contributed by atoms with Crippen LogP contribution in [0.2, 0.25) is 0 Å². The van der Waals surface area contributed by atoms with E-state index in [-0.39, 0.29) is 5.91 Å². The number of para-hydroxylation sites is 2. The summed E-state index contributed by atoms with van der Waals surface area (Å²) >= 11 is 0. The maximum Gasteiger partial charge on any atom is 0.242 e. The molecule has 0 unspecified atom stereocenters. The van der Waals surface area contributed by atoms with Gasteiger partial charge in [-0.1, -0.05) is 36.4 Å². The summed E-state index contributed by atoms with van der Waals surface area (Å²) in [6.07, 6.45) is 1.73. The van der Waals surface area contributed by atoms with E-state index in [0.29, 0.717) is 13.1 Å². The molecule has 1 heterocycles. The van der Waals surface area contributed by atoms with Crippen LogP contribution in [0.4, 0.5) is 0 Å². The molecule has 0 saturated heterocycles. The largest absolute Gasteiger partial charge is 0.340 e. The molecule has 0 aliphatic heterocycles. The molecular weight excluding hydrogens is 274 g/mol. The van der Waals surface area contributed by atoms with Gasteiger partial charge >= 0.3 is 0 Å². The minimum Gasteiger partial charge on any atom is -0.340 e. The standard InChI is InChI=1S/C18H19N3O/c1-14-7-3-4-8-15(14)11-20(2)18(22)12-21-13-19-16-9-5-6-10-17(16)21/h3-10,13H,11-12H2,1-2H3. The van der Waals surface area contributed by atoms with Crippen molar-refractivity contribution in [1.29, 1.82) is 0 Å². The monoisotopic (exact) mass is 293 g/mol. The number of rotatable bonds is 4. The van der Waals surface area contributed by atoms with Crippen molar-refractivity contribution >= 4 is 16.9 Å². The lowest BCUT2D eigenvalue weighted by atomic mass is 10.1. The Balaban J connectivity index is 1.73. The summed E-state index contributed by atoms with van der Waals surface area (Å²) in [5, 5.41) is 0. The van der Waals surface area contributed by atoms with Gasteiger partial charge in [0.05, 0.1) is 17.4 Å². The molecule has 3 rings (SSSR count). The number of fused-ring (bicyclic) bond motifs is 1. The number of imidazole rings is 1.